The van der Waals surface area contributed by atoms with E-state index in [1.54, 1.807) is 0 Å². The molecule has 19 heavy (non-hydrogen) atoms. The lowest BCUT2D eigenvalue weighted by Crippen LogP contribution is -2.28. The molecule has 4 nitrogen and oxygen atoms in total. The van der Waals surface area contributed by atoms with Gasteiger partial charge in [-0.05, 0) is 19.4 Å². The molecular weight excluding hydrogens is 278 g/mol. The first-order chi connectivity index (χ1) is 9.24. The summed E-state index contributed by atoms with van der Waals surface area (Å²) >= 11 is 4.01. The predicted molar refractivity (Wildman–Crippen MR) is 80.9 cm³/mol. The lowest BCUT2D eigenvalue weighted by Gasteiger charge is -2.29. The summed E-state index contributed by atoms with van der Waals surface area (Å²) in [4.78, 5) is 4.67. The molecule has 0 radical (unpaired) electrons. The Labute approximate surface area is 122 Å². The van der Waals surface area contributed by atoms with Gasteiger partial charge in [0.1, 0.15) is 0 Å². The molecule has 2 fully saturated rings. The molecule has 3 heterocycles. The highest BCUT2D eigenvalue weighted by atomic mass is 32.2. The monoisotopic (exact) mass is 299 g/mol. The van der Waals surface area contributed by atoms with Crippen molar-refractivity contribution in [3.8, 4) is 0 Å². The van der Waals surface area contributed by atoms with Crippen LogP contribution in [0.5, 0.6) is 0 Å². The van der Waals surface area contributed by atoms with Gasteiger partial charge in [-0.1, -0.05) is 19.0 Å². The van der Waals surface area contributed by atoms with Gasteiger partial charge in [-0.25, -0.2) is 0 Å². The van der Waals surface area contributed by atoms with Crippen LogP contribution in [0.3, 0.4) is 0 Å². The molecule has 0 aliphatic carbocycles. The maximum absolute atomic E-state index is 5.50. The average molecular weight is 299 g/mol. The van der Waals surface area contributed by atoms with E-state index in [0.717, 1.165) is 42.2 Å². The Morgan fingerprint density at radius 3 is 2.95 bits per heavy atom. The molecule has 0 saturated carbocycles. The maximum atomic E-state index is 5.50. The number of nitrogens with one attached hydrogen (secondary N) is 1. The fourth-order valence-electron chi connectivity index (χ4n) is 2.53. The third-order valence-corrected chi connectivity index (χ3v) is 7.33. The molecule has 3 unspecified atom stereocenters. The average Bonchev–Trinajstić information content (AvgIpc) is 2.93. The molecule has 1 aromatic rings. The highest BCUT2D eigenvalue weighted by Crippen LogP contribution is 2.43. The van der Waals surface area contributed by atoms with Gasteiger partial charge in [0.05, 0.1) is 11.2 Å². The minimum absolute atomic E-state index is 0.394. The SMILES string of the molecule is CC1SCC(c2noc([C@H]3CCCNC3)n2)SC1C. The topological polar surface area (TPSA) is 51.0 Å². The Bertz CT molecular complexity index is 420. The second-order valence-electron chi connectivity index (χ2n) is 5.40. The Kier molecular flexibility index (Phi) is 4.39. The van der Waals surface area contributed by atoms with Crippen molar-refractivity contribution in [3.05, 3.63) is 11.7 Å². The highest BCUT2D eigenvalue weighted by Gasteiger charge is 2.31. The van der Waals surface area contributed by atoms with Gasteiger partial charge in [0.2, 0.25) is 5.89 Å². The molecule has 106 valence electrons. The highest BCUT2D eigenvalue weighted by molar-refractivity contribution is 8.07. The van der Waals surface area contributed by atoms with E-state index in [1.807, 2.05) is 23.5 Å². The van der Waals surface area contributed by atoms with E-state index >= 15 is 0 Å². The normalized spacial score (nSPS) is 36.3. The fourth-order valence-corrected chi connectivity index (χ4v) is 5.36. The van der Waals surface area contributed by atoms with Crippen LogP contribution in [0.15, 0.2) is 4.52 Å². The Morgan fingerprint density at radius 1 is 1.32 bits per heavy atom. The third kappa shape index (κ3) is 3.11. The number of rotatable bonds is 2. The minimum atomic E-state index is 0.394. The molecular formula is C13H21N3OS2. The van der Waals surface area contributed by atoms with Crippen LogP contribution in [-0.2, 0) is 0 Å². The van der Waals surface area contributed by atoms with Crippen LogP contribution in [0.25, 0.3) is 0 Å². The quantitative estimate of drug-likeness (QED) is 0.906. The van der Waals surface area contributed by atoms with E-state index < -0.39 is 0 Å². The molecule has 0 bridgehead atoms. The van der Waals surface area contributed by atoms with E-state index in [9.17, 15) is 0 Å². The number of aromatic nitrogens is 2. The van der Waals surface area contributed by atoms with Gasteiger partial charge in [-0.2, -0.15) is 16.7 Å². The number of hydrogen-bond donors (Lipinski definition) is 1. The molecule has 0 aromatic carbocycles. The zero-order chi connectivity index (χ0) is 13.2. The Balaban J connectivity index is 1.67. The van der Waals surface area contributed by atoms with Gasteiger partial charge >= 0.3 is 0 Å². The number of nitrogens with zero attached hydrogens (tertiary/aromatic N) is 2. The molecule has 3 rings (SSSR count). The maximum Gasteiger partial charge on any atom is 0.231 e. The molecule has 2 saturated heterocycles. The molecule has 6 heteroatoms. The van der Waals surface area contributed by atoms with Crippen LogP contribution >= 0.6 is 23.5 Å². The first-order valence-electron chi connectivity index (χ1n) is 7.05. The second-order valence-corrected chi connectivity index (χ2v) is 8.40. The Hall–Kier alpha value is -0.200. The smallest absolute Gasteiger partial charge is 0.231 e. The summed E-state index contributed by atoms with van der Waals surface area (Å²) in [5.41, 5.74) is 0. The minimum Gasteiger partial charge on any atom is -0.339 e. The summed E-state index contributed by atoms with van der Waals surface area (Å²) in [5, 5.41) is 9.39. The first kappa shape index (κ1) is 13.8. The van der Waals surface area contributed by atoms with Crippen molar-refractivity contribution in [2.45, 2.75) is 48.4 Å². The Morgan fingerprint density at radius 2 is 2.21 bits per heavy atom. The molecule has 0 spiro atoms. The summed E-state index contributed by atoms with van der Waals surface area (Å²) in [7, 11) is 0. The predicted octanol–water partition coefficient (Wildman–Crippen LogP) is 2.83. The van der Waals surface area contributed by atoms with Crippen molar-refractivity contribution in [3.63, 3.8) is 0 Å². The third-order valence-electron chi connectivity index (χ3n) is 3.94. The summed E-state index contributed by atoms with van der Waals surface area (Å²) in [6.07, 6.45) is 2.36. The van der Waals surface area contributed by atoms with Crippen LogP contribution < -0.4 is 5.32 Å². The van der Waals surface area contributed by atoms with E-state index in [4.69, 9.17) is 4.52 Å². The number of hydrogen-bond acceptors (Lipinski definition) is 6. The second kappa shape index (κ2) is 6.06. The fraction of sp³-hybridized carbons (Fsp3) is 0.846. The van der Waals surface area contributed by atoms with Crippen LogP contribution in [0.4, 0.5) is 0 Å². The molecule has 1 aromatic heterocycles. The summed E-state index contributed by atoms with van der Waals surface area (Å²) < 4.78 is 5.50. The van der Waals surface area contributed by atoms with Crippen LogP contribution in [0.1, 0.15) is 49.6 Å². The van der Waals surface area contributed by atoms with Gasteiger partial charge in [0.15, 0.2) is 5.82 Å². The van der Waals surface area contributed by atoms with Crippen molar-refractivity contribution >= 4 is 23.5 Å². The van der Waals surface area contributed by atoms with Crippen molar-refractivity contribution in [2.24, 2.45) is 0 Å². The van der Waals surface area contributed by atoms with Crippen molar-refractivity contribution in [1.29, 1.82) is 0 Å². The standard InChI is InChI=1S/C13H21N3OS2/c1-8-9(2)19-11(7-18-8)12-15-13(17-16-12)10-4-3-5-14-6-10/h8-11,14H,3-7H2,1-2H3/t8?,9?,10-,11?/m0/s1. The zero-order valence-electron chi connectivity index (χ0n) is 11.5. The first-order valence-corrected chi connectivity index (χ1v) is 9.04. The summed E-state index contributed by atoms with van der Waals surface area (Å²) in [6.45, 7) is 6.68. The lowest BCUT2D eigenvalue weighted by atomic mass is 10.00. The van der Waals surface area contributed by atoms with Crippen molar-refractivity contribution in [1.82, 2.24) is 15.5 Å². The van der Waals surface area contributed by atoms with Crippen molar-refractivity contribution in [2.75, 3.05) is 18.8 Å². The van der Waals surface area contributed by atoms with Crippen LogP contribution in [0, 0.1) is 0 Å². The largest absolute Gasteiger partial charge is 0.339 e. The van der Waals surface area contributed by atoms with E-state index in [2.05, 4.69) is 29.3 Å². The molecule has 1 N–H and O–H groups in total. The van der Waals surface area contributed by atoms with Gasteiger partial charge < -0.3 is 9.84 Å². The van der Waals surface area contributed by atoms with Crippen LogP contribution in [0.2, 0.25) is 0 Å². The summed E-state index contributed by atoms with van der Waals surface area (Å²) in [6, 6.07) is 0. The molecule has 2 aliphatic heterocycles. The number of thioether (sulfide) groups is 2. The van der Waals surface area contributed by atoms with Crippen molar-refractivity contribution < 1.29 is 4.52 Å². The molecule has 4 atom stereocenters. The van der Waals surface area contributed by atoms with E-state index in [0.29, 0.717) is 16.4 Å². The van der Waals surface area contributed by atoms with Crippen LogP contribution in [-0.4, -0.2) is 39.5 Å². The number of piperidine rings is 1. The van der Waals surface area contributed by atoms with Gasteiger partial charge in [-0.15, -0.1) is 11.8 Å². The van der Waals surface area contributed by atoms with E-state index in [-0.39, 0.29) is 0 Å². The van der Waals surface area contributed by atoms with Gasteiger partial charge in [0, 0.05) is 22.8 Å². The van der Waals surface area contributed by atoms with Gasteiger partial charge in [-0.3, -0.25) is 0 Å². The molecule has 2 aliphatic rings. The zero-order valence-corrected chi connectivity index (χ0v) is 13.1. The summed E-state index contributed by atoms with van der Waals surface area (Å²) in [5.74, 6) is 3.24. The van der Waals surface area contributed by atoms with E-state index in [1.165, 1.54) is 6.42 Å². The molecule has 0 amide bonds. The lowest BCUT2D eigenvalue weighted by molar-refractivity contribution is 0.320. The van der Waals surface area contributed by atoms with Gasteiger partial charge in [0.25, 0.3) is 0 Å².